The van der Waals surface area contributed by atoms with E-state index in [1.165, 1.54) is 0 Å². The lowest BCUT2D eigenvalue weighted by Gasteiger charge is -2.31. The number of hydrogen-bond donors (Lipinski definition) is 1. The maximum absolute atomic E-state index is 12.1. The lowest BCUT2D eigenvalue weighted by Crippen LogP contribution is -2.38. The van der Waals surface area contributed by atoms with Crippen LogP contribution in [0.5, 0.6) is 0 Å². The fraction of sp³-hybridized carbons (Fsp3) is 0.222. The van der Waals surface area contributed by atoms with Gasteiger partial charge in [-0.15, -0.1) is 0 Å². The number of nitriles is 1. The van der Waals surface area contributed by atoms with E-state index in [-0.39, 0.29) is 25.0 Å². The summed E-state index contributed by atoms with van der Waals surface area (Å²) in [5.74, 6) is -0.184. The van der Waals surface area contributed by atoms with Crippen molar-refractivity contribution >= 4 is 23.2 Å². The van der Waals surface area contributed by atoms with E-state index in [1.54, 1.807) is 0 Å². The first-order valence-corrected chi connectivity index (χ1v) is 7.70. The maximum atomic E-state index is 12.1. The summed E-state index contributed by atoms with van der Waals surface area (Å²) in [5, 5.41) is 11.9. The average Bonchev–Trinajstić information content (AvgIpc) is 2.58. The van der Waals surface area contributed by atoms with E-state index in [1.807, 2.05) is 72.5 Å². The van der Waals surface area contributed by atoms with Gasteiger partial charge in [-0.05, 0) is 36.8 Å². The first-order valence-electron chi connectivity index (χ1n) is 7.32. The third-order valence-corrected chi connectivity index (χ3v) is 3.84. The normalized spacial score (nSPS) is 11.3. The molecule has 0 aliphatic rings. The van der Waals surface area contributed by atoms with Crippen LogP contribution < -0.4 is 10.2 Å². The number of carbonyl (C=O) groups excluding carboxylic acids is 1. The van der Waals surface area contributed by atoms with Crippen LogP contribution in [0.3, 0.4) is 0 Å². The zero-order valence-corrected chi connectivity index (χ0v) is 13.6. The van der Waals surface area contributed by atoms with Gasteiger partial charge in [-0.1, -0.05) is 41.9 Å². The third-order valence-electron chi connectivity index (χ3n) is 3.59. The molecule has 2 rings (SSSR count). The van der Waals surface area contributed by atoms with Crippen molar-refractivity contribution in [2.24, 2.45) is 0 Å². The van der Waals surface area contributed by atoms with Crippen molar-refractivity contribution in [2.45, 2.75) is 13.0 Å². The van der Waals surface area contributed by atoms with Gasteiger partial charge >= 0.3 is 0 Å². The van der Waals surface area contributed by atoms with Crippen LogP contribution in [0.4, 0.5) is 5.69 Å². The molecule has 4 nitrogen and oxygen atoms in total. The van der Waals surface area contributed by atoms with Crippen LogP contribution in [-0.2, 0) is 4.79 Å². The number of hydrogen-bond acceptors (Lipinski definition) is 3. The molecule has 0 fully saturated rings. The molecule has 0 bridgehead atoms. The quantitative estimate of drug-likeness (QED) is 0.825. The first-order chi connectivity index (χ1) is 11.1. The molecule has 2 aromatic carbocycles. The molecule has 0 aliphatic heterocycles. The topological polar surface area (TPSA) is 56.1 Å². The van der Waals surface area contributed by atoms with E-state index in [4.69, 9.17) is 16.9 Å². The Bertz CT molecular complexity index is 680. The molecule has 1 amide bonds. The molecule has 1 unspecified atom stereocenters. The highest BCUT2D eigenvalue weighted by atomic mass is 35.5. The number of carbonyl (C=O) groups is 1. The molecule has 0 aliphatic carbocycles. The van der Waals surface area contributed by atoms with Gasteiger partial charge in [-0.2, -0.15) is 5.26 Å². The number of para-hydroxylation sites is 1. The van der Waals surface area contributed by atoms with Crippen molar-refractivity contribution in [3.8, 4) is 6.07 Å². The number of benzene rings is 2. The summed E-state index contributed by atoms with van der Waals surface area (Å²) in [4.78, 5) is 14.0. The number of halogens is 1. The monoisotopic (exact) mass is 327 g/mol. The Hall–Kier alpha value is -2.51. The van der Waals surface area contributed by atoms with Gasteiger partial charge in [-0.3, -0.25) is 4.79 Å². The Labute approximate surface area is 141 Å². The molecule has 1 atom stereocenters. The summed E-state index contributed by atoms with van der Waals surface area (Å²) in [5.41, 5.74) is 2.01. The highest BCUT2D eigenvalue weighted by molar-refractivity contribution is 6.30. The van der Waals surface area contributed by atoms with Crippen LogP contribution in [0.1, 0.15) is 18.5 Å². The fourth-order valence-electron chi connectivity index (χ4n) is 2.34. The standard InChI is InChI=1S/C18H18ClN3O/c1-14(15-7-9-16(19)10-8-15)22(13-18(23)21-12-11-20)17-5-3-2-4-6-17/h2-10,14H,12-13H2,1H3,(H,21,23). The Kier molecular flexibility index (Phi) is 6.02. The molecule has 0 radical (unpaired) electrons. The van der Waals surface area contributed by atoms with E-state index < -0.39 is 0 Å². The highest BCUT2D eigenvalue weighted by Gasteiger charge is 2.19. The molecule has 0 aromatic heterocycles. The van der Waals surface area contributed by atoms with Crippen LogP contribution in [0.15, 0.2) is 54.6 Å². The Balaban J connectivity index is 2.24. The van der Waals surface area contributed by atoms with Crippen molar-refractivity contribution in [2.75, 3.05) is 18.0 Å². The van der Waals surface area contributed by atoms with Crippen LogP contribution in [0.2, 0.25) is 5.02 Å². The summed E-state index contributed by atoms with van der Waals surface area (Å²) < 4.78 is 0. The predicted octanol–water partition coefficient (Wildman–Crippen LogP) is 3.55. The molecular weight excluding hydrogens is 310 g/mol. The van der Waals surface area contributed by atoms with Gasteiger partial charge < -0.3 is 10.2 Å². The number of rotatable bonds is 6. The van der Waals surface area contributed by atoms with Crippen molar-refractivity contribution in [1.82, 2.24) is 5.32 Å². The number of nitrogens with one attached hydrogen (secondary N) is 1. The Morgan fingerprint density at radius 2 is 1.87 bits per heavy atom. The molecule has 0 spiro atoms. The van der Waals surface area contributed by atoms with Gasteiger partial charge in [0.25, 0.3) is 0 Å². The number of nitrogens with zero attached hydrogens (tertiary/aromatic N) is 2. The average molecular weight is 328 g/mol. The van der Waals surface area contributed by atoms with Crippen molar-refractivity contribution in [3.05, 3.63) is 65.2 Å². The van der Waals surface area contributed by atoms with Gasteiger partial charge in [0.05, 0.1) is 18.7 Å². The van der Waals surface area contributed by atoms with Gasteiger partial charge in [0.1, 0.15) is 6.54 Å². The van der Waals surface area contributed by atoms with Crippen LogP contribution in [-0.4, -0.2) is 19.0 Å². The van der Waals surface area contributed by atoms with Gasteiger partial charge in [0, 0.05) is 10.7 Å². The van der Waals surface area contributed by atoms with Gasteiger partial charge in [-0.25, -0.2) is 0 Å². The lowest BCUT2D eigenvalue weighted by molar-refractivity contribution is -0.119. The second-order valence-electron chi connectivity index (χ2n) is 5.13. The second-order valence-corrected chi connectivity index (χ2v) is 5.56. The predicted molar refractivity (Wildman–Crippen MR) is 92.3 cm³/mol. The largest absolute Gasteiger partial charge is 0.355 e. The van der Waals surface area contributed by atoms with Crippen molar-refractivity contribution in [1.29, 1.82) is 5.26 Å². The van der Waals surface area contributed by atoms with Crippen LogP contribution in [0, 0.1) is 11.3 Å². The molecule has 5 heteroatoms. The Morgan fingerprint density at radius 3 is 2.48 bits per heavy atom. The van der Waals surface area contributed by atoms with Crippen LogP contribution >= 0.6 is 11.6 Å². The minimum atomic E-state index is -0.184. The number of anilines is 1. The molecule has 23 heavy (non-hydrogen) atoms. The molecular formula is C18H18ClN3O. The van der Waals surface area contributed by atoms with Crippen LogP contribution in [0.25, 0.3) is 0 Å². The summed E-state index contributed by atoms with van der Waals surface area (Å²) in [6, 6.07) is 19.2. The number of amides is 1. The van der Waals surface area contributed by atoms with Crippen molar-refractivity contribution in [3.63, 3.8) is 0 Å². The summed E-state index contributed by atoms with van der Waals surface area (Å²) >= 11 is 5.95. The van der Waals surface area contributed by atoms with Gasteiger partial charge in [0.15, 0.2) is 0 Å². The summed E-state index contributed by atoms with van der Waals surface area (Å²) in [6.45, 7) is 2.22. The highest BCUT2D eigenvalue weighted by Crippen LogP contribution is 2.27. The van der Waals surface area contributed by atoms with E-state index >= 15 is 0 Å². The second kappa shape index (κ2) is 8.21. The molecule has 0 heterocycles. The molecule has 2 aromatic rings. The molecule has 0 saturated heterocycles. The van der Waals surface area contributed by atoms with Gasteiger partial charge in [0.2, 0.25) is 5.91 Å². The van der Waals surface area contributed by atoms with E-state index in [9.17, 15) is 4.79 Å². The third kappa shape index (κ3) is 4.73. The first kappa shape index (κ1) is 16.9. The summed E-state index contributed by atoms with van der Waals surface area (Å²) in [7, 11) is 0. The van der Waals surface area contributed by atoms with E-state index in [0.29, 0.717) is 5.02 Å². The minimum absolute atomic E-state index is 0.0107. The zero-order valence-electron chi connectivity index (χ0n) is 12.9. The maximum Gasteiger partial charge on any atom is 0.240 e. The molecule has 1 N–H and O–H groups in total. The molecule has 0 saturated carbocycles. The lowest BCUT2D eigenvalue weighted by atomic mass is 10.1. The van der Waals surface area contributed by atoms with E-state index in [0.717, 1.165) is 11.3 Å². The smallest absolute Gasteiger partial charge is 0.240 e. The summed E-state index contributed by atoms with van der Waals surface area (Å²) in [6.07, 6.45) is 0. The Morgan fingerprint density at radius 1 is 1.22 bits per heavy atom. The van der Waals surface area contributed by atoms with Crippen molar-refractivity contribution < 1.29 is 4.79 Å². The minimum Gasteiger partial charge on any atom is -0.355 e. The SMILES string of the molecule is CC(c1ccc(Cl)cc1)N(CC(=O)NCC#N)c1ccccc1. The molecule has 118 valence electrons. The van der Waals surface area contributed by atoms with E-state index in [2.05, 4.69) is 5.32 Å². The zero-order chi connectivity index (χ0) is 16.7. The fourth-order valence-corrected chi connectivity index (χ4v) is 2.47.